The summed E-state index contributed by atoms with van der Waals surface area (Å²) in [5.74, 6) is 0.677. The summed E-state index contributed by atoms with van der Waals surface area (Å²) in [6, 6.07) is 0. The van der Waals surface area contributed by atoms with Crippen molar-refractivity contribution in [1.29, 1.82) is 0 Å². The Kier molecular flexibility index (Phi) is 10.9. The van der Waals surface area contributed by atoms with Crippen LogP contribution in [0, 0.1) is 5.92 Å². The quantitative estimate of drug-likeness (QED) is 0.303. The van der Waals surface area contributed by atoms with Gasteiger partial charge in [0.25, 0.3) is 0 Å². The van der Waals surface area contributed by atoms with Gasteiger partial charge in [0.2, 0.25) is 0 Å². The molecular weight excluding hydrogens is 176 g/mol. The van der Waals surface area contributed by atoms with Gasteiger partial charge in [-0.05, 0) is 18.8 Å². The molecule has 0 aliphatic rings. The molecule has 0 aromatic carbocycles. The molecular formula is C12H26O2. The van der Waals surface area contributed by atoms with Gasteiger partial charge in [-0.1, -0.05) is 46.5 Å². The van der Waals surface area contributed by atoms with Crippen molar-refractivity contribution in [2.45, 2.75) is 59.3 Å². The van der Waals surface area contributed by atoms with Gasteiger partial charge in [0.15, 0.2) is 0 Å². The Labute approximate surface area is 88.9 Å². The minimum absolute atomic E-state index is 0.677. The topological polar surface area (TPSA) is 18.5 Å². The molecule has 0 amide bonds. The first kappa shape index (κ1) is 13.9. The van der Waals surface area contributed by atoms with Gasteiger partial charge in [-0.25, -0.2) is 9.78 Å². The molecule has 1 atom stereocenters. The molecule has 0 saturated heterocycles. The summed E-state index contributed by atoms with van der Waals surface area (Å²) < 4.78 is 0. The van der Waals surface area contributed by atoms with Gasteiger partial charge in [-0.3, -0.25) is 0 Å². The summed E-state index contributed by atoms with van der Waals surface area (Å²) in [4.78, 5) is 10.3. The predicted molar refractivity (Wildman–Crippen MR) is 60.1 cm³/mol. The Morgan fingerprint density at radius 3 is 2.21 bits per heavy atom. The van der Waals surface area contributed by atoms with Gasteiger partial charge in [0, 0.05) is 0 Å². The fourth-order valence-electron chi connectivity index (χ4n) is 1.30. The van der Waals surface area contributed by atoms with E-state index in [1.807, 2.05) is 0 Å². The molecule has 0 heterocycles. The summed E-state index contributed by atoms with van der Waals surface area (Å²) in [5, 5.41) is 0. The van der Waals surface area contributed by atoms with Crippen LogP contribution in [0.5, 0.6) is 0 Å². The molecule has 86 valence electrons. The van der Waals surface area contributed by atoms with Crippen LogP contribution in [0.3, 0.4) is 0 Å². The van der Waals surface area contributed by atoms with E-state index in [-0.39, 0.29) is 0 Å². The third-order valence-electron chi connectivity index (χ3n) is 2.51. The minimum atomic E-state index is 0.677. The van der Waals surface area contributed by atoms with Crippen molar-refractivity contribution < 1.29 is 9.78 Å². The fourth-order valence-corrected chi connectivity index (χ4v) is 1.30. The van der Waals surface area contributed by atoms with Gasteiger partial charge in [0.1, 0.15) is 0 Å². The predicted octanol–water partition coefficient (Wildman–Crippen LogP) is 3.95. The molecule has 1 unspecified atom stereocenters. The molecule has 14 heavy (non-hydrogen) atoms. The summed E-state index contributed by atoms with van der Waals surface area (Å²) in [7, 11) is 0. The number of hydrogen-bond donors (Lipinski definition) is 0. The number of rotatable bonds is 10. The first-order valence-corrected chi connectivity index (χ1v) is 6.09. The van der Waals surface area contributed by atoms with Crippen molar-refractivity contribution >= 4 is 0 Å². The number of unbranched alkanes of at least 4 members (excludes halogenated alkanes) is 2. The largest absolute Gasteiger partial charge is 0.237 e. The van der Waals surface area contributed by atoms with Crippen LogP contribution in [0.15, 0.2) is 0 Å². The lowest BCUT2D eigenvalue weighted by molar-refractivity contribution is -0.301. The van der Waals surface area contributed by atoms with E-state index < -0.39 is 0 Å². The Morgan fingerprint density at radius 2 is 1.64 bits per heavy atom. The molecule has 0 aromatic heterocycles. The minimum Gasteiger partial charge on any atom is -0.237 e. The summed E-state index contributed by atoms with van der Waals surface area (Å²) in [6.07, 6.45) is 7.29. The van der Waals surface area contributed by atoms with E-state index in [4.69, 9.17) is 9.78 Å². The van der Waals surface area contributed by atoms with Crippen LogP contribution >= 0.6 is 0 Å². The second kappa shape index (κ2) is 11.0. The zero-order chi connectivity index (χ0) is 10.6. The average Bonchev–Trinajstić information content (AvgIpc) is 2.22. The highest BCUT2D eigenvalue weighted by atomic mass is 17.2. The molecule has 0 aliphatic heterocycles. The van der Waals surface area contributed by atoms with Crippen molar-refractivity contribution in [1.82, 2.24) is 0 Å². The Hall–Kier alpha value is -0.0800. The first-order chi connectivity index (χ1) is 6.85. The zero-order valence-corrected chi connectivity index (χ0v) is 10.1. The lowest BCUT2D eigenvalue weighted by Gasteiger charge is -2.13. The SMILES string of the molecule is CCCCOOCC(CC)CCCC. The van der Waals surface area contributed by atoms with Gasteiger partial charge < -0.3 is 0 Å². The van der Waals surface area contributed by atoms with Gasteiger partial charge in [-0.2, -0.15) is 0 Å². The smallest absolute Gasteiger partial charge is 0.0850 e. The molecule has 0 aromatic rings. The van der Waals surface area contributed by atoms with E-state index in [2.05, 4.69) is 20.8 Å². The average molecular weight is 202 g/mol. The molecule has 2 nitrogen and oxygen atoms in total. The third kappa shape index (κ3) is 8.52. The molecule has 0 rings (SSSR count). The fraction of sp³-hybridized carbons (Fsp3) is 1.00. The highest BCUT2D eigenvalue weighted by molar-refractivity contribution is 4.54. The van der Waals surface area contributed by atoms with Crippen LogP contribution in [0.4, 0.5) is 0 Å². The van der Waals surface area contributed by atoms with Crippen LogP contribution in [0.2, 0.25) is 0 Å². The molecule has 0 aliphatic carbocycles. The van der Waals surface area contributed by atoms with E-state index in [1.165, 1.54) is 25.7 Å². The summed E-state index contributed by atoms with van der Waals surface area (Å²) in [6.45, 7) is 8.10. The van der Waals surface area contributed by atoms with Crippen molar-refractivity contribution in [2.24, 2.45) is 5.92 Å². The van der Waals surface area contributed by atoms with Gasteiger partial charge in [0.05, 0.1) is 13.2 Å². The highest BCUT2D eigenvalue weighted by Crippen LogP contribution is 2.12. The maximum Gasteiger partial charge on any atom is 0.0850 e. The monoisotopic (exact) mass is 202 g/mol. The highest BCUT2D eigenvalue weighted by Gasteiger charge is 2.05. The van der Waals surface area contributed by atoms with Crippen LogP contribution in [-0.2, 0) is 9.78 Å². The van der Waals surface area contributed by atoms with Crippen molar-refractivity contribution in [3.63, 3.8) is 0 Å². The van der Waals surface area contributed by atoms with Gasteiger partial charge >= 0.3 is 0 Å². The summed E-state index contributed by atoms with van der Waals surface area (Å²) in [5.41, 5.74) is 0. The Bertz CT molecular complexity index is 104. The molecule has 0 N–H and O–H groups in total. The van der Waals surface area contributed by atoms with E-state index in [0.29, 0.717) is 5.92 Å². The van der Waals surface area contributed by atoms with E-state index in [9.17, 15) is 0 Å². The van der Waals surface area contributed by atoms with Crippen LogP contribution in [0.25, 0.3) is 0 Å². The van der Waals surface area contributed by atoms with E-state index >= 15 is 0 Å². The third-order valence-corrected chi connectivity index (χ3v) is 2.51. The van der Waals surface area contributed by atoms with Crippen LogP contribution < -0.4 is 0 Å². The molecule has 0 spiro atoms. The second-order valence-corrected chi connectivity index (χ2v) is 3.88. The molecule has 2 heteroatoms. The molecule has 0 saturated carbocycles. The van der Waals surface area contributed by atoms with Gasteiger partial charge in [-0.15, -0.1) is 0 Å². The van der Waals surface area contributed by atoms with Crippen molar-refractivity contribution in [3.8, 4) is 0 Å². The maximum atomic E-state index is 5.19. The van der Waals surface area contributed by atoms with Crippen LogP contribution in [-0.4, -0.2) is 13.2 Å². The lowest BCUT2D eigenvalue weighted by Crippen LogP contribution is -2.09. The lowest BCUT2D eigenvalue weighted by atomic mass is 10.0. The Morgan fingerprint density at radius 1 is 0.929 bits per heavy atom. The van der Waals surface area contributed by atoms with Crippen molar-refractivity contribution in [3.05, 3.63) is 0 Å². The number of hydrogen-bond acceptors (Lipinski definition) is 2. The molecule has 0 fully saturated rings. The zero-order valence-electron chi connectivity index (χ0n) is 10.1. The van der Waals surface area contributed by atoms with E-state index in [0.717, 1.165) is 26.1 Å². The normalized spacial score (nSPS) is 13.1. The van der Waals surface area contributed by atoms with E-state index in [1.54, 1.807) is 0 Å². The first-order valence-electron chi connectivity index (χ1n) is 6.09. The van der Waals surface area contributed by atoms with Crippen LogP contribution in [0.1, 0.15) is 59.3 Å². The second-order valence-electron chi connectivity index (χ2n) is 3.88. The summed E-state index contributed by atoms with van der Waals surface area (Å²) >= 11 is 0. The molecule has 0 bridgehead atoms. The van der Waals surface area contributed by atoms with Crippen molar-refractivity contribution in [2.75, 3.05) is 13.2 Å². The molecule has 0 radical (unpaired) electrons. The Balaban J connectivity index is 3.24. The maximum absolute atomic E-state index is 5.19. The standard InChI is InChI=1S/C12H26O2/c1-4-7-9-12(6-3)11-14-13-10-8-5-2/h12H,4-11H2,1-3H3.